The lowest BCUT2D eigenvalue weighted by Crippen LogP contribution is -2.25. The number of esters is 1. The number of ether oxygens (including phenoxy) is 1. The van der Waals surface area contributed by atoms with Crippen LogP contribution in [0.4, 0.5) is 0 Å². The van der Waals surface area contributed by atoms with Crippen LogP contribution in [-0.4, -0.2) is 5.97 Å². The van der Waals surface area contributed by atoms with Gasteiger partial charge in [0.25, 0.3) is 0 Å². The molecule has 162 valence electrons. The van der Waals surface area contributed by atoms with Gasteiger partial charge in [-0.05, 0) is 86.8 Å². The molecule has 0 spiro atoms. The van der Waals surface area contributed by atoms with Gasteiger partial charge in [-0.25, -0.2) is 0 Å². The highest BCUT2D eigenvalue weighted by Gasteiger charge is 2.27. The van der Waals surface area contributed by atoms with E-state index in [1.165, 1.54) is 82.6 Å². The molecule has 0 bridgehead atoms. The molecule has 1 aromatic rings. The summed E-state index contributed by atoms with van der Waals surface area (Å²) < 4.78 is 5.72. The Hall–Kier alpha value is -1.31. The third-order valence-electron chi connectivity index (χ3n) is 7.51. The Morgan fingerprint density at radius 3 is 2.03 bits per heavy atom. The maximum Gasteiger partial charge on any atom is 0.314 e. The second kappa shape index (κ2) is 11.8. The number of benzene rings is 1. The molecule has 2 aliphatic carbocycles. The molecule has 29 heavy (non-hydrogen) atoms. The van der Waals surface area contributed by atoms with Crippen molar-refractivity contribution in [2.45, 2.75) is 110 Å². The average Bonchev–Trinajstić information content (AvgIpc) is 2.76. The normalized spacial score (nSPS) is 27.5. The molecule has 0 amide bonds. The molecule has 0 unspecified atom stereocenters. The predicted molar refractivity (Wildman–Crippen MR) is 121 cm³/mol. The van der Waals surface area contributed by atoms with E-state index in [2.05, 4.69) is 26.0 Å². The van der Waals surface area contributed by atoms with Crippen molar-refractivity contribution in [3.8, 4) is 5.75 Å². The van der Waals surface area contributed by atoms with Crippen molar-refractivity contribution in [3.05, 3.63) is 29.8 Å². The number of rotatable bonds is 9. The first-order chi connectivity index (χ1) is 14.2. The van der Waals surface area contributed by atoms with Crippen molar-refractivity contribution >= 4 is 5.97 Å². The molecule has 2 saturated carbocycles. The van der Waals surface area contributed by atoms with Gasteiger partial charge in [0.2, 0.25) is 0 Å². The Morgan fingerprint density at radius 1 is 0.793 bits per heavy atom. The molecule has 3 rings (SSSR count). The molecule has 2 aliphatic rings. The summed E-state index contributed by atoms with van der Waals surface area (Å²) in [6.07, 6.45) is 17.9. The average molecular weight is 399 g/mol. The number of carbonyl (C=O) groups is 1. The van der Waals surface area contributed by atoms with E-state index >= 15 is 0 Å². The highest BCUT2D eigenvalue weighted by molar-refractivity contribution is 5.75. The predicted octanol–water partition coefficient (Wildman–Crippen LogP) is 8.05. The topological polar surface area (TPSA) is 26.3 Å². The van der Waals surface area contributed by atoms with Crippen molar-refractivity contribution in [1.82, 2.24) is 0 Å². The summed E-state index contributed by atoms with van der Waals surface area (Å²) in [7, 11) is 0. The van der Waals surface area contributed by atoms with Crippen molar-refractivity contribution in [2.75, 3.05) is 0 Å². The van der Waals surface area contributed by atoms with Crippen LogP contribution in [0, 0.1) is 17.8 Å². The fraction of sp³-hybridized carbons (Fsp3) is 0.741. The molecule has 0 radical (unpaired) electrons. The maximum absolute atomic E-state index is 12.5. The second-order valence-corrected chi connectivity index (χ2v) is 9.71. The summed E-state index contributed by atoms with van der Waals surface area (Å²) in [6.45, 7) is 4.54. The third-order valence-corrected chi connectivity index (χ3v) is 7.51. The van der Waals surface area contributed by atoms with Crippen LogP contribution in [0.25, 0.3) is 0 Å². The van der Waals surface area contributed by atoms with E-state index in [1.54, 1.807) is 0 Å². The molecule has 0 aliphatic heterocycles. The fourth-order valence-corrected chi connectivity index (χ4v) is 5.57. The molecule has 0 N–H and O–H groups in total. The summed E-state index contributed by atoms with van der Waals surface area (Å²) in [4.78, 5) is 12.5. The van der Waals surface area contributed by atoms with Gasteiger partial charge in [-0.2, -0.15) is 0 Å². The van der Waals surface area contributed by atoms with Crippen LogP contribution >= 0.6 is 0 Å². The van der Waals surface area contributed by atoms with Crippen LogP contribution in [0.15, 0.2) is 24.3 Å². The van der Waals surface area contributed by atoms with Crippen LogP contribution in [0.5, 0.6) is 5.75 Å². The SMILES string of the molecule is CCCCCC1CCC(c2ccc(OC(=O)C3CCC(CCC)CC3)cc2)CC1. The zero-order valence-corrected chi connectivity index (χ0v) is 18.8. The van der Waals surface area contributed by atoms with Crippen molar-refractivity contribution in [2.24, 2.45) is 17.8 Å². The molecular weight excluding hydrogens is 356 g/mol. The summed E-state index contributed by atoms with van der Waals surface area (Å²) in [5.74, 6) is 3.28. The number of hydrogen-bond donors (Lipinski definition) is 0. The lowest BCUT2D eigenvalue weighted by molar-refractivity contribution is -0.140. The van der Waals surface area contributed by atoms with E-state index in [9.17, 15) is 4.79 Å². The highest BCUT2D eigenvalue weighted by atomic mass is 16.5. The Morgan fingerprint density at radius 2 is 1.41 bits per heavy atom. The Kier molecular flexibility index (Phi) is 9.08. The number of unbranched alkanes of at least 4 members (excludes halogenated alkanes) is 2. The minimum absolute atomic E-state index is 0.0136. The fourth-order valence-electron chi connectivity index (χ4n) is 5.57. The molecule has 1 aromatic carbocycles. The van der Waals surface area contributed by atoms with Crippen LogP contribution in [0.2, 0.25) is 0 Å². The maximum atomic E-state index is 12.5. The van der Waals surface area contributed by atoms with Gasteiger partial charge in [-0.15, -0.1) is 0 Å². The molecule has 0 atom stereocenters. The Balaban J connectivity index is 1.42. The first-order valence-corrected chi connectivity index (χ1v) is 12.5. The smallest absolute Gasteiger partial charge is 0.314 e. The van der Waals surface area contributed by atoms with Gasteiger partial charge in [-0.1, -0.05) is 64.5 Å². The van der Waals surface area contributed by atoms with E-state index in [4.69, 9.17) is 4.74 Å². The van der Waals surface area contributed by atoms with Crippen molar-refractivity contribution < 1.29 is 9.53 Å². The number of carbonyl (C=O) groups excluding carboxylic acids is 1. The van der Waals surface area contributed by atoms with Crippen LogP contribution in [0.1, 0.15) is 115 Å². The first-order valence-electron chi connectivity index (χ1n) is 12.5. The molecule has 2 nitrogen and oxygen atoms in total. The van der Waals surface area contributed by atoms with Crippen molar-refractivity contribution in [1.29, 1.82) is 0 Å². The van der Waals surface area contributed by atoms with Gasteiger partial charge < -0.3 is 4.74 Å². The van der Waals surface area contributed by atoms with Gasteiger partial charge >= 0.3 is 5.97 Å². The van der Waals surface area contributed by atoms with Crippen molar-refractivity contribution in [3.63, 3.8) is 0 Å². The van der Waals surface area contributed by atoms with Gasteiger partial charge in [0, 0.05) is 0 Å². The largest absolute Gasteiger partial charge is 0.426 e. The van der Waals surface area contributed by atoms with Gasteiger partial charge in [0.05, 0.1) is 5.92 Å². The summed E-state index contributed by atoms with van der Waals surface area (Å²) in [5, 5.41) is 0. The minimum atomic E-state index is -0.0136. The van der Waals surface area contributed by atoms with Gasteiger partial charge in [0.15, 0.2) is 0 Å². The lowest BCUT2D eigenvalue weighted by Gasteiger charge is -2.29. The molecule has 0 aromatic heterocycles. The van der Waals surface area contributed by atoms with E-state index in [-0.39, 0.29) is 11.9 Å². The second-order valence-electron chi connectivity index (χ2n) is 9.71. The first kappa shape index (κ1) is 22.4. The van der Waals surface area contributed by atoms with E-state index < -0.39 is 0 Å². The van der Waals surface area contributed by atoms with Gasteiger partial charge in [0.1, 0.15) is 5.75 Å². The van der Waals surface area contributed by atoms with E-state index in [0.29, 0.717) is 5.92 Å². The minimum Gasteiger partial charge on any atom is -0.426 e. The van der Waals surface area contributed by atoms with E-state index in [0.717, 1.165) is 30.4 Å². The standard InChI is InChI=1S/C27H42O2/c1-3-5-6-8-22-9-13-23(14-10-22)24-17-19-26(20-18-24)29-27(28)25-15-11-21(7-4-2)12-16-25/h17-23,25H,3-16H2,1-2H3. The molecule has 0 saturated heterocycles. The Labute approximate surface area is 178 Å². The van der Waals surface area contributed by atoms with E-state index in [1.807, 2.05) is 12.1 Å². The molecule has 2 fully saturated rings. The summed E-state index contributed by atoms with van der Waals surface area (Å²) in [6, 6.07) is 8.43. The summed E-state index contributed by atoms with van der Waals surface area (Å²) in [5.41, 5.74) is 1.43. The number of hydrogen-bond acceptors (Lipinski definition) is 2. The van der Waals surface area contributed by atoms with Crippen LogP contribution in [-0.2, 0) is 4.79 Å². The third kappa shape index (κ3) is 6.86. The summed E-state index contributed by atoms with van der Waals surface area (Å²) >= 11 is 0. The highest BCUT2D eigenvalue weighted by Crippen LogP contribution is 2.38. The zero-order valence-electron chi connectivity index (χ0n) is 18.8. The molecule has 0 heterocycles. The monoisotopic (exact) mass is 398 g/mol. The Bertz CT molecular complexity index is 589. The zero-order chi connectivity index (χ0) is 20.5. The van der Waals surface area contributed by atoms with Crippen LogP contribution in [0.3, 0.4) is 0 Å². The quantitative estimate of drug-likeness (QED) is 0.239. The molecule has 2 heteroatoms. The lowest BCUT2D eigenvalue weighted by atomic mass is 9.77. The molecular formula is C27H42O2. The van der Waals surface area contributed by atoms with Crippen LogP contribution < -0.4 is 4.74 Å². The van der Waals surface area contributed by atoms with Gasteiger partial charge in [-0.3, -0.25) is 4.79 Å².